The normalized spacial score (nSPS) is 17.7. The highest BCUT2D eigenvalue weighted by Crippen LogP contribution is 2.34. The van der Waals surface area contributed by atoms with Crippen molar-refractivity contribution in [2.45, 2.75) is 17.4 Å². The minimum Gasteiger partial charge on any atom is -0.372 e. The first kappa shape index (κ1) is 16.2. The van der Waals surface area contributed by atoms with Gasteiger partial charge in [-0.3, -0.25) is 0 Å². The van der Waals surface area contributed by atoms with Crippen LogP contribution < -0.4 is 5.32 Å². The first-order valence-corrected chi connectivity index (χ1v) is 9.58. The molecule has 23 heavy (non-hydrogen) atoms. The van der Waals surface area contributed by atoms with Crippen LogP contribution in [0.5, 0.6) is 0 Å². The quantitative estimate of drug-likeness (QED) is 0.936. The average Bonchev–Trinajstić information content (AvgIpc) is 2.54. The highest BCUT2D eigenvalue weighted by atomic mass is 32.2. The van der Waals surface area contributed by atoms with Gasteiger partial charge in [0.2, 0.25) is 0 Å². The molecule has 2 aromatic rings. The molecule has 4 nitrogen and oxygen atoms in total. The number of likely N-dealkylation sites (N-methyl/N-ethyl adjacent to an activating group) is 1. The molecule has 0 fully saturated rings. The summed E-state index contributed by atoms with van der Waals surface area (Å²) in [7, 11) is -1.24. The van der Waals surface area contributed by atoms with Crippen molar-refractivity contribution in [2.24, 2.45) is 0 Å². The number of fused-ring (bicyclic) bond motifs is 1. The second-order valence-corrected chi connectivity index (χ2v) is 7.85. The Morgan fingerprint density at radius 1 is 1.17 bits per heavy atom. The smallest absolute Gasteiger partial charge is 0.175 e. The predicted molar refractivity (Wildman–Crippen MR) is 91.3 cm³/mol. The average molecular weight is 331 g/mol. The van der Waals surface area contributed by atoms with Crippen molar-refractivity contribution in [3.8, 4) is 11.1 Å². The Bertz CT molecular complexity index is 798. The highest BCUT2D eigenvalue weighted by molar-refractivity contribution is 7.90. The Labute approximate surface area is 137 Å². The fourth-order valence-corrected chi connectivity index (χ4v) is 3.72. The maximum atomic E-state index is 11.6. The van der Waals surface area contributed by atoms with Crippen LogP contribution in [0.1, 0.15) is 17.2 Å². The molecule has 0 saturated carbocycles. The highest BCUT2D eigenvalue weighted by Gasteiger charge is 2.22. The lowest BCUT2D eigenvalue weighted by Crippen LogP contribution is -2.25. The Morgan fingerprint density at radius 3 is 2.57 bits per heavy atom. The van der Waals surface area contributed by atoms with Gasteiger partial charge in [-0.25, -0.2) is 8.42 Å². The summed E-state index contributed by atoms with van der Waals surface area (Å²) in [5.41, 5.74) is 4.72. The lowest BCUT2D eigenvalue weighted by atomic mass is 9.89. The monoisotopic (exact) mass is 331 g/mol. The van der Waals surface area contributed by atoms with E-state index in [1.54, 1.807) is 12.1 Å². The molecular weight excluding hydrogens is 310 g/mol. The van der Waals surface area contributed by atoms with Crippen molar-refractivity contribution in [3.63, 3.8) is 0 Å². The third kappa shape index (κ3) is 3.32. The van der Waals surface area contributed by atoms with Crippen molar-refractivity contribution >= 4 is 9.84 Å². The Kier molecular flexibility index (Phi) is 4.53. The van der Waals surface area contributed by atoms with Crippen molar-refractivity contribution in [2.75, 3.05) is 26.5 Å². The van der Waals surface area contributed by atoms with Crippen LogP contribution >= 0.6 is 0 Å². The molecule has 1 atom stereocenters. The molecule has 0 radical (unpaired) electrons. The van der Waals surface area contributed by atoms with Gasteiger partial charge >= 0.3 is 0 Å². The molecule has 2 aromatic carbocycles. The number of hydrogen-bond donors (Lipinski definition) is 1. The van der Waals surface area contributed by atoms with Crippen molar-refractivity contribution < 1.29 is 13.2 Å². The van der Waals surface area contributed by atoms with Gasteiger partial charge in [-0.15, -0.1) is 0 Å². The number of benzene rings is 2. The van der Waals surface area contributed by atoms with E-state index in [1.807, 2.05) is 25.2 Å². The van der Waals surface area contributed by atoms with Gasteiger partial charge in [0, 0.05) is 12.8 Å². The number of sulfone groups is 1. The van der Waals surface area contributed by atoms with Gasteiger partial charge in [-0.05, 0) is 47.9 Å². The van der Waals surface area contributed by atoms with Crippen molar-refractivity contribution in [1.82, 2.24) is 5.32 Å². The van der Waals surface area contributed by atoms with Gasteiger partial charge < -0.3 is 10.1 Å². The Balaban J connectivity index is 2.03. The maximum absolute atomic E-state index is 11.6. The van der Waals surface area contributed by atoms with E-state index < -0.39 is 9.84 Å². The molecule has 0 amide bonds. The van der Waals surface area contributed by atoms with Crippen molar-refractivity contribution in [1.29, 1.82) is 0 Å². The van der Waals surface area contributed by atoms with E-state index in [9.17, 15) is 8.42 Å². The first-order valence-electron chi connectivity index (χ1n) is 7.69. The third-order valence-electron chi connectivity index (χ3n) is 4.21. The van der Waals surface area contributed by atoms with Crippen molar-refractivity contribution in [3.05, 3.63) is 53.6 Å². The number of rotatable bonds is 4. The maximum Gasteiger partial charge on any atom is 0.175 e. The van der Waals surface area contributed by atoms with Crippen LogP contribution in [0.2, 0.25) is 0 Å². The zero-order valence-electron chi connectivity index (χ0n) is 13.4. The van der Waals surface area contributed by atoms with Gasteiger partial charge in [0.05, 0.1) is 17.6 Å². The zero-order valence-corrected chi connectivity index (χ0v) is 14.2. The summed E-state index contributed by atoms with van der Waals surface area (Å²) >= 11 is 0. The minimum absolute atomic E-state index is 0.0685. The number of nitrogens with one attached hydrogen (secondary N) is 1. The Hall–Kier alpha value is -1.69. The molecule has 0 aromatic heterocycles. The topological polar surface area (TPSA) is 55.4 Å². The first-order chi connectivity index (χ1) is 11.0. The van der Waals surface area contributed by atoms with Crippen LogP contribution in [-0.4, -0.2) is 34.9 Å². The van der Waals surface area contributed by atoms with Gasteiger partial charge in [-0.1, -0.05) is 30.3 Å². The molecule has 1 aliphatic rings. The summed E-state index contributed by atoms with van der Waals surface area (Å²) in [5.74, 6) is 0. The molecule has 0 unspecified atom stereocenters. The summed E-state index contributed by atoms with van der Waals surface area (Å²) in [5, 5.41) is 3.17. The minimum atomic E-state index is -3.16. The van der Waals surface area contributed by atoms with Gasteiger partial charge in [0.15, 0.2) is 9.84 Å². The zero-order chi connectivity index (χ0) is 16.4. The summed E-state index contributed by atoms with van der Waals surface area (Å²) < 4.78 is 29.1. The molecule has 0 spiro atoms. The molecule has 0 bridgehead atoms. The van der Waals surface area contributed by atoms with E-state index in [-0.39, 0.29) is 6.10 Å². The number of hydrogen-bond acceptors (Lipinski definition) is 4. The van der Waals surface area contributed by atoms with Gasteiger partial charge in [0.25, 0.3) is 0 Å². The van der Waals surface area contributed by atoms with E-state index in [0.29, 0.717) is 11.5 Å². The van der Waals surface area contributed by atoms with E-state index in [2.05, 4.69) is 17.4 Å². The summed E-state index contributed by atoms with van der Waals surface area (Å²) in [6, 6.07) is 13.4. The summed E-state index contributed by atoms with van der Waals surface area (Å²) in [4.78, 5) is 0.349. The van der Waals surface area contributed by atoms with Crippen LogP contribution in [0.3, 0.4) is 0 Å². The number of ether oxygens (including phenoxy) is 1. The molecule has 122 valence electrons. The van der Waals surface area contributed by atoms with E-state index >= 15 is 0 Å². The van der Waals surface area contributed by atoms with Gasteiger partial charge in [0.1, 0.15) is 0 Å². The van der Waals surface area contributed by atoms with Crippen LogP contribution in [0.25, 0.3) is 11.1 Å². The summed E-state index contributed by atoms with van der Waals surface area (Å²) in [6.07, 6.45) is 2.17. The van der Waals surface area contributed by atoms with Crippen LogP contribution in [0.4, 0.5) is 0 Å². The Morgan fingerprint density at radius 2 is 1.91 bits per heavy atom. The third-order valence-corrected chi connectivity index (χ3v) is 5.34. The molecular formula is C18H21NO3S. The summed E-state index contributed by atoms with van der Waals surface area (Å²) in [6.45, 7) is 1.49. The lowest BCUT2D eigenvalue weighted by Gasteiger charge is -2.28. The lowest BCUT2D eigenvalue weighted by molar-refractivity contribution is 0.0440. The SMILES string of the molecule is CNC[C@@H]1OCCc2c(-c3ccc(S(C)(=O)=O)cc3)cccc21. The van der Waals surface area contributed by atoms with Crippen LogP contribution in [0, 0.1) is 0 Å². The van der Waals surface area contributed by atoms with E-state index in [0.717, 1.165) is 24.1 Å². The van der Waals surface area contributed by atoms with Gasteiger partial charge in [-0.2, -0.15) is 0 Å². The van der Waals surface area contributed by atoms with Crippen LogP contribution in [-0.2, 0) is 21.0 Å². The fraction of sp³-hybridized carbons (Fsp3) is 0.333. The molecule has 1 aliphatic heterocycles. The molecule has 1 heterocycles. The molecule has 5 heteroatoms. The van der Waals surface area contributed by atoms with E-state index in [1.165, 1.54) is 17.4 Å². The second-order valence-electron chi connectivity index (χ2n) is 5.84. The standard InChI is InChI=1S/C18H21NO3S/c1-19-12-18-17-5-3-4-15(16(17)10-11-22-18)13-6-8-14(9-7-13)23(2,20)21/h3-9,18-19H,10-12H2,1-2H3/t18-/m0/s1. The van der Waals surface area contributed by atoms with Crippen LogP contribution in [0.15, 0.2) is 47.4 Å². The molecule has 0 saturated heterocycles. The second kappa shape index (κ2) is 6.43. The molecule has 0 aliphatic carbocycles. The molecule has 3 rings (SSSR count). The fourth-order valence-electron chi connectivity index (χ4n) is 3.08. The largest absolute Gasteiger partial charge is 0.372 e. The van der Waals surface area contributed by atoms with E-state index in [4.69, 9.17) is 4.74 Å². The molecule has 1 N–H and O–H groups in total. The predicted octanol–water partition coefficient (Wildman–Crippen LogP) is 2.59.